The molecule has 1 aromatic heterocycles. The van der Waals surface area contributed by atoms with Gasteiger partial charge in [-0.15, -0.1) is 11.3 Å². The minimum atomic E-state index is 0.130. The van der Waals surface area contributed by atoms with Crippen LogP contribution in [0.2, 0.25) is 0 Å². The average molecular weight is 267 g/mol. The van der Waals surface area contributed by atoms with E-state index in [1.54, 1.807) is 11.3 Å². The molecule has 1 atom stereocenters. The van der Waals surface area contributed by atoms with Crippen molar-refractivity contribution < 1.29 is 0 Å². The van der Waals surface area contributed by atoms with Crippen LogP contribution in [0.5, 0.6) is 0 Å². The zero-order valence-corrected chi connectivity index (χ0v) is 12.4. The molecule has 0 bridgehead atoms. The maximum absolute atomic E-state index is 4.58. The molecule has 1 aliphatic rings. The molecule has 1 saturated heterocycles. The van der Waals surface area contributed by atoms with E-state index >= 15 is 0 Å². The Balaban J connectivity index is 2.11. The molecule has 0 saturated carbocycles. The normalized spacial score (nSPS) is 26.1. The van der Waals surface area contributed by atoms with Gasteiger partial charge in [0, 0.05) is 18.1 Å². The molecule has 2 heterocycles. The van der Waals surface area contributed by atoms with Gasteiger partial charge in [-0.1, -0.05) is 13.8 Å². The summed E-state index contributed by atoms with van der Waals surface area (Å²) in [6, 6.07) is 0. The Hall–Kier alpha value is -0.450. The van der Waals surface area contributed by atoms with E-state index < -0.39 is 0 Å². The summed E-state index contributed by atoms with van der Waals surface area (Å²) in [5.41, 5.74) is 0.130. The molecule has 0 aliphatic carbocycles. The van der Waals surface area contributed by atoms with Gasteiger partial charge in [0.2, 0.25) is 0 Å². The molecule has 1 aliphatic heterocycles. The Labute approximate surface area is 115 Å². The van der Waals surface area contributed by atoms with Crippen LogP contribution in [-0.4, -0.2) is 36.1 Å². The van der Waals surface area contributed by atoms with Gasteiger partial charge < -0.3 is 10.2 Å². The number of hydrogen-bond acceptors (Lipinski definition) is 4. The quantitative estimate of drug-likeness (QED) is 0.889. The maximum Gasteiger partial charge on any atom is 0.113 e. The fourth-order valence-electron chi connectivity index (χ4n) is 2.99. The summed E-state index contributed by atoms with van der Waals surface area (Å²) in [4.78, 5) is 7.18. The zero-order valence-electron chi connectivity index (χ0n) is 11.6. The molecule has 0 amide bonds. The van der Waals surface area contributed by atoms with Gasteiger partial charge in [0.15, 0.2) is 0 Å². The molecular formula is C14H25N3S. The smallest absolute Gasteiger partial charge is 0.113 e. The van der Waals surface area contributed by atoms with E-state index in [1.807, 2.05) is 6.20 Å². The van der Waals surface area contributed by atoms with Crippen molar-refractivity contribution in [2.75, 3.05) is 26.2 Å². The zero-order chi connectivity index (χ0) is 12.8. The second-order valence-corrected chi connectivity index (χ2v) is 6.04. The molecule has 102 valence electrons. The number of hydrogen-bond donors (Lipinski definition) is 1. The molecular weight excluding hydrogens is 242 g/mol. The highest BCUT2D eigenvalue weighted by Crippen LogP contribution is 2.34. The molecule has 0 radical (unpaired) electrons. The van der Waals surface area contributed by atoms with Gasteiger partial charge in [-0.2, -0.15) is 0 Å². The Morgan fingerprint density at radius 3 is 2.94 bits per heavy atom. The van der Waals surface area contributed by atoms with E-state index in [1.165, 1.54) is 50.3 Å². The summed E-state index contributed by atoms with van der Waals surface area (Å²) in [5.74, 6) is 0. The second-order valence-electron chi connectivity index (χ2n) is 5.14. The molecule has 0 spiro atoms. The number of likely N-dealkylation sites (tertiary alicyclic amines) is 1. The Morgan fingerprint density at radius 1 is 1.39 bits per heavy atom. The summed E-state index contributed by atoms with van der Waals surface area (Å²) >= 11 is 1.80. The van der Waals surface area contributed by atoms with E-state index in [9.17, 15) is 0 Å². The van der Waals surface area contributed by atoms with Crippen molar-refractivity contribution >= 4 is 11.3 Å². The van der Waals surface area contributed by atoms with E-state index in [0.717, 1.165) is 6.54 Å². The summed E-state index contributed by atoms with van der Waals surface area (Å²) in [6.45, 7) is 9.16. The summed E-state index contributed by atoms with van der Waals surface area (Å²) in [7, 11) is 0. The largest absolute Gasteiger partial charge is 0.306 e. The average Bonchev–Trinajstić information content (AvgIpc) is 2.83. The van der Waals surface area contributed by atoms with E-state index in [2.05, 4.69) is 34.4 Å². The molecule has 3 nitrogen and oxygen atoms in total. The molecule has 1 N–H and O–H groups in total. The van der Waals surface area contributed by atoms with Crippen molar-refractivity contribution in [3.63, 3.8) is 0 Å². The lowest BCUT2D eigenvalue weighted by Gasteiger charge is -2.32. The van der Waals surface area contributed by atoms with Crippen molar-refractivity contribution in [2.24, 2.45) is 0 Å². The van der Waals surface area contributed by atoms with Crippen LogP contribution in [0.25, 0.3) is 0 Å². The number of aromatic nitrogens is 1. The van der Waals surface area contributed by atoms with Gasteiger partial charge in [0.25, 0.3) is 0 Å². The molecule has 0 aromatic carbocycles. The molecule has 2 rings (SSSR count). The minimum Gasteiger partial charge on any atom is -0.306 e. The lowest BCUT2D eigenvalue weighted by molar-refractivity contribution is 0.258. The first-order valence-corrected chi connectivity index (χ1v) is 8.06. The number of nitrogens with zero attached hydrogens (tertiary/aromatic N) is 2. The van der Waals surface area contributed by atoms with Crippen LogP contribution >= 0.6 is 11.3 Å². The molecule has 18 heavy (non-hydrogen) atoms. The van der Waals surface area contributed by atoms with E-state index in [4.69, 9.17) is 0 Å². The fourth-order valence-corrected chi connectivity index (χ4v) is 3.87. The predicted molar refractivity (Wildman–Crippen MR) is 78.1 cm³/mol. The minimum absolute atomic E-state index is 0.130. The number of rotatable bonds is 5. The lowest BCUT2D eigenvalue weighted by Crippen LogP contribution is -2.43. The van der Waals surface area contributed by atoms with Crippen molar-refractivity contribution in [1.29, 1.82) is 0 Å². The third kappa shape index (κ3) is 3.11. The van der Waals surface area contributed by atoms with Crippen LogP contribution in [0.1, 0.15) is 44.5 Å². The van der Waals surface area contributed by atoms with Crippen LogP contribution < -0.4 is 5.32 Å². The van der Waals surface area contributed by atoms with Crippen molar-refractivity contribution in [1.82, 2.24) is 15.2 Å². The second kappa shape index (κ2) is 6.64. The van der Waals surface area contributed by atoms with Crippen LogP contribution in [0.15, 0.2) is 11.6 Å². The van der Waals surface area contributed by atoms with Crippen LogP contribution in [0, 0.1) is 0 Å². The Morgan fingerprint density at radius 2 is 2.28 bits per heavy atom. The van der Waals surface area contributed by atoms with Crippen molar-refractivity contribution in [2.45, 2.75) is 45.1 Å². The highest BCUT2D eigenvalue weighted by molar-refractivity contribution is 7.09. The van der Waals surface area contributed by atoms with E-state index in [0.29, 0.717) is 0 Å². The third-order valence-corrected chi connectivity index (χ3v) is 4.81. The van der Waals surface area contributed by atoms with Crippen molar-refractivity contribution in [3.8, 4) is 0 Å². The number of nitrogens with one attached hydrogen (secondary N) is 1. The number of thiazole rings is 1. The summed E-state index contributed by atoms with van der Waals surface area (Å²) < 4.78 is 0. The molecule has 1 unspecified atom stereocenters. The fraction of sp³-hybridized carbons (Fsp3) is 0.786. The highest BCUT2D eigenvalue weighted by Gasteiger charge is 2.35. The van der Waals surface area contributed by atoms with Gasteiger partial charge in [-0.05, 0) is 45.3 Å². The summed E-state index contributed by atoms with van der Waals surface area (Å²) in [5, 5.41) is 7.10. The lowest BCUT2D eigenvalue weighted by atomic mass is 9.91. The SMILES string of the molecule is CCCN1CCCC(NCC)(c2nccs2)CC1. The van der Waals surface area contributed by atoms with Gasteiger partial charge in [-0.25, -0.2) is 4.98 Å². The van der Waals surface area contributed by atoms with Gasteiger partial charge in [0.05, 0.1) is 5.54 Å². The van der Waals surface area contributed by atoms with Crippen LogP contribution in [0.4, 0.5) is 0 Å². The molecule has 1 aromatic rings. The van der Waals surface area contributed by atoms with Gasteiger partial charge in [-0.3, -0.25) is 0 Å². The predicted octanol–water partition coefficient (Wildman–Crippen LogP) is 2.84. The van der Waals surface area contributed by atoms with Gasteiger partial charge in [0.1, 0.15) is 5.01 Å². The molecule has 1 fully saturated rings. The standard InChI is InChI=1S/C14H25N3S/c1-3-9-17-10-5-6-14(7-11-17,16-4-2)13-15-8-12-18-13/h8,12,16H,3-7,9-11H2,1-2H3. The van der Waals surface area contributed by atoms with Crippen molar-refractivity contribution in [3.05, 3.63) is 16.6 Å². The first-order chi connectivity index (χ1) is 8.80. The Bertz CT molecular complexity index is 339. The van der Waals surface area contributed by atoms with Gasteiger partial charge >= 0.3 is 0 Å². The van der Waals surface area contributed by atoms with Crippen LogP contribution in [-0.2, 0) is 5.54 Å². The summed E-state index contributed by atoms with van der Waals surface area (Å²) in [6.07, 6.45) is 6.87. The first-order valence-electron chi connectivity index (χ1n) is 7.18. The first kappa shape index (κ1) is 14.0. The monoisotopic (exact) mass is 267 g/mol. The van der Waals surface area contributed by atoms with E-state index in [-0.39, 0.29) is 5.54 Å². The Kier molecular flexibility index (Phi) is 5.15. The topological polar surface area (TPSA) is 28.2 Å². The maximum atomic E-state index is 4.58. The third-order valence-electron chi connectivity index (χ3n) is 3.83. The van der Waals surface area contributed by atoms with Crippen LogP contribution in [0.3, 0.4) is 0 Å². The molecule has 4 heteroatoms. The highest BCUT2D eigenvalue weighted by atomic mass is 32.1.